The number of nitrogens with zero attached hydrogens (tertiary/aromatic N) is 3. The van der Waals surface area contributed by atoms with Crippen molar-refractivity contribution in [3.8, 4) is 5.69 Å². The van der Waals surface area contributed by atoms with Crippen LogP contribution < -0.4 is 0 Å². The Morgan fingerprint density at radius 3 is 2.72 bits per heavy atom. The van der Waals surface area contributed by atoms with Gasteiger partial charge in [-0.15, -0.1) is 0 Å². The number of aryl methyl sites for hydroxylation is 1. The number of nitro benzene ring substituents is 1. The van der Waals surface area contributed by atoms with E-state index in [1.807, 2.05) is 0 Å². The summed E-state index contributed by atoms with van der Waals surface area (Å²) in [5.74, 6) is -1.34. The molecule has 0 fully saturated rings. The molecule has 0 spiro atoms. The Morgan fingerprint density at radius 2 is 2.22 bits per heavy atom. The number of hydrogen-bond donors (Lipinski definition) is 1. The zero-order valence-corrected chi connectivity index (χ0v) is 9.40. The van der Waals surface area contributed by atoms with Gasteiger partial charge in [-0.3, -0.25) is 10.1 Å². The fraction of sp³-hybridized carbons (Fsp3) is 0.0909. The number of carboxylic acid groups (broad SMARTS) is 1. The van der Waals surface area contributed by atoms with Gasteiger partial charge in [0.2, 0.25) is 0 Å². The summed E-state index contributed by atoms with van der Waals surface area (Å²) in [4.78, 5) is 21.3. The molecule has 1 aromatic heterocycles. The second-order valence-electron chi connectivity index (χ2n) is 3.70. The first kappa shape index (κ1) is 11.8. The predicted octanol–water partition coefficient (Wildman–Crippen LogP) is 1.79. The van der Waals surface area contributed by atoms with Gasteiger partial charge >= 0.3 is 11.7 Å². The third-order valence-corrected chi connectivity index (χ3v) is 2.39. The molecule has 0 bridgehead atoms. The molecular weight excluding hydrogens is 238 g/mol. The van der Waals surface area contributed by atoms with Gasteiger partial charge in [0.05, 0.1) is 11.1 Å². The minimum absolute atomic E-state index is 0.132. The van der Waals surface area contributed by atoms with Crippen LogP contribution in [-0.2, 0) is 0 Å². The van der Waals surface area contributed by atoms with Crippen LogP contribution in [0.2, 0.25) is 0 Å². The lowest BCUT2D eigenvalue weighted by atomic mass is 10.1. The molecule has 1 aromatic carbocycles. The lowest BCUT2D eigenvalue weighted by Crippen LogP contribution is -2.07. The molecule has 0 aliphatic carbocycles. The SMILES string of the molecule is Cc1cnn(-c2cccc(C(=O)O)c2[N+](=O)[O-])c1. The fourth-order valence-electron chi connectivity index (χ4n) is 1.63. The van der Waals surface area contributed by atoms with Crippen molar-refractivity contribution >= 4 is 11.7 Å². The summed E-state index contributed by atoms with van der Waals surface area (Å²) < 4.78 is 1.29. The van der Waals surface area contributed by atoms with Gasteiger partial charge in [-0.1, -0.05) is 6.07 Å². The molecular formula is C11H9N3O4. The smallest absolute Gasteiger partial charge is 0.342 e. The number of benzene rings is 1. The Bertz CT molecular complexity index is 633. The van der Waals surface area contributed by atoms with Gasteiger partial charge in [-0.25, -0.2) is 9.48 Å². The Kier molecular flexibility index (Phi) is 2.80. The highest BCUT2D eigenvalue weighted by Gasteiger charge is 2.25. The molecule has 0 atom stereocenters. The van der Waals surface area contributed by atoms with Crippen LogP contribution in [0.3, 0.4) is 0 Å². The van der Waals surface area contributed by atoms with Crippen molar-refractivity contribution in [1.29, 1.82) is 0 Å². The number of aromatic carboxylic acids is 1. The lowest BCUT2D eigenvalue weighted by Gasteiger charge is -2.05. The van der Waals surface area contributed by atoms with E-state index in [-0.39, 0.29) is 11.3 Å². The number of para-hydroxylation sites is 1. The highest BCUT2D eigenvalue weighted by molar-refractivity contribution is 5.94. The van der Waals surface area contributed by atoms with Gasteiger partial charge < -0.3 is 5.11 Å². The molecule has 2 aromatic rings. The molecule has 7 nitrogen and oxygen atoms in total. The second kappa shape index (κ2) is 4.28. The molecule has 0 radical (unpaired) electrons. The number of aromatic nitrogens is 2. The zero-order valence-electron chi connectivity index (χ0n) is 9.40. The maximum atomic E-state index is 11.0. The van der Waals surface area contributed by atoms with Crippen molar-refractivity contribution in [2.45, 2.75) is 6.92 Å². The largest absolute Gasteiger partial charge is 0.477 e. The van der Waals surface area contributed by atoms with Crippen molar-refractivity contribution in [2.75, 3.05) is 0 Å². The van der Waals surface area contributed by atoms with Crippen molar-refractivity contribution in [2.24, 2.45) is 0 Å². The highest BCUT2D eigenvalue weighted by atomic mass is 16.6. The van der Waals surface area contributed by atoms with E-state index in [1.54, 1.807) is 13.1 Å². The summed E-state index contributed by atoms with van der Waals surface area (Å²) in [6.45, 7) is 1.79. The van der Waals surface area contributed by atoms with Crippen molar-refractivity contribution < 1.29 is 14.8 Å². The van der Waals surface area contributed by atoms with Gasteiger partial charge in [0.1, 0.15) is 11.3 Å². The molecule has 1 N–H and O–H groups in total. The minimum Gasteiger partial charge on any atom is -0.477 e. The van der Waals surface area contributed by atoms with E-state index in [0.29, 0.717) is 0 Å². The van der Waals surface area contributed by atoms with Gasteiger partial charge in [0.15, 0.2) is 0 Å². The van der Waals surface area contributed by atoms with Crippen LogP contribution in [0.1, 0.15) is 15.9 Å². The molecule has 0 aliphatic rings. The first-order chi connectivity index (χ1) is 8.50. The van der Waals surface area contributed by atoms with Gasteiger partial charge in [-0.2, -0.15) is 5.10 Å². The normalized spacial score (nSPS) is 10.3. The van der Waals surface area contributed by atoms with Crippen LogP contribution in [0.25, 0.3) is 5.69 Å². The quantitative estimate of drug-likeness (QED) is 0.658. The Hall–Kier alpha value is -2.70. The monoisotopic (exact) mass is 247 g/mol. The number of rotatable bonds is 3. The van der Waals surface area contributed by atoms with E-state index in [4.69, 9.17) is 5.11 Å². The van der Waals surface area contributed by atoms with E-state index in [0.717, 1.165) is 5.56 Å². The summed E-state index contributed by atoms with van der Waals surface area (Å²) in [6.07, 6.45) is 3.13. The molecule has 0 aliphatic heterocycles. The first-order valence-electron chi connectivity index (χ1n) is 5.03. The van der Waals surface area contributed by atoms with E-state index in [9.17, 15) is 14.9 Å². The average molecular weight is 247 g/mol. The summed E-state index contributed by atoms with van der Waals surface area (Å²) in [7, 11) is 0. The van der Waals surface area contributed by atoms with Gasteiger partial charge in [0.25, 0.3) is 0 Å². The van der Waals surface area contributed by atoms with Crippen molar-refractivity contribution in [1.82, 2.24) is 9.78 Å². The van der Waals surface area contributed by atoms with E-state index >= 15 is 0 Å². The van der Waals surface area contributed by atoms with E-state index in [1.165, 1.54) is 29.1 Å². The summed E-state index contributed by atoms with van der Waals surface area (Å²) in [5, 5.41) is 23.9. The van der Waals surface area contributed by atoms with Crippen LogP contribution >= 0.6 is 0 Å². The first-order valence-corrected chi connectivity index (χ1v) is 5.03. The summed E-state index contributed by atoms with van der Waals surface area (Å²) in [6, 6.07) is 4.10. The number of carboxylic acids is 1. The van der Waals surface area contributed by atoms with Crippen molar-refractivity contribution in [3.05, 3.63) is 51.8 Å². The predicted molar refractivity (Wildman–Crippen MR) is 61.9 cm³/mol. The summed E-state index contributed by atoms with van der Waals surface area (Å²) in [5.41, 5.74) is 0.136. The number of carbonyl (C=O) groups is 1. The molecule has 7 heteroatoms. The Labute approximate surface area is 101 Å². The van der Waals surface area contributed by atoms with Crippen LogP contribution in [0, 0.1) is 17.0 Å². The van der Waals surface area contributed by atoms with Crippen molar-refractivity contribution in [3.63, 3.8) is 0 Å². The third-order valence-electron chi connectivity index (χ3n) is 2.39. The van der Waals surface area contributed by atoms with E-state index in [2.05, 4.69) is 5.10 Å². The molecule has 0 amide bonds. The maximum Gasteiger partial charge on any atom is 0.342 e. The topological polar surface area (TPSA) is 98.3 Å². The molecule has 0 saturated carbocycles. The standard InChI is InChI=1S/C11H9N3O4/c1-7-5-12-13(6-7)9-4-2-3-8(11(15)16)10(9)14(17)18/h2-6H,1H3,(H,15,16). The minimum atomic E-state index is -1.34. The van der Waals surface area contributed by atoms with Gasteiger partial charge in [-0.05, 0) is 24.6 Å². The Morgan fingerprint density at radius 1 is 1.50 bits per heavy atom. The van der Waals surface area contributed by atoms with Crippen LogP contribution in [-0.4, -0.2) is 25.8 Å². The Balaban J connectivity index is 2.71. The van der Waals surface area contributed by atoms with Crippen LogP contribution in [0.4, 0.5) is 5.69 Å². The lowest BCUT2D eigenvalue weighted by molar-refractivity contribution is -0.385. The van der Waals surface area contributed by atoms with Gasteiger partial charge in [0, 0.05) is 6.20 Å². The summed E-state index contributed by atoms with van der Waals surface area (Å²) >= 11 is 0. The fourth-order valence-corrected chi connectivity index (χ4v) is 1.63. The third kappa shape index (κ3) is 1.93. The molecule has 0 unspecified atom stereocenters. The number of nitro groups is 1. The number of hydrogen-bond acceptors (Lipinski definition) is 4. The molecule has 92 valence electrons. The average Bonchev–Trinajstić information content (AvgIpc) is 2.74. The zero-order chi connectivity index (χ0) is 13.3. The molecule has 18 heavy (non-hydrogen) atoms. The second-order valence-corrected chi connectivity index (χ2v) is 3.70. The van der Waals surface area contributed by atoms with E-state index < -0.39 is 16.6 Å². The van der Waals surface area contributed by atoms with Crippen LogP contribution in [0.15, 0.2) is 30.6 Å². The van der Waals surface area contributed by atoms with Crippen LogP contribution in [0.5, 0.6) is 0 Å². The molecule has 0 saturated heterocycles. The maximum absolute atomic E-state index is 11.0. The molecule has 2 rings (SSSR count). The molecule has 1 heterocycles. The highest BCUT2D eigenvalue weighted by Crippen LogP contribution is 2.27.